The second-order valence-corrected chi connectivity index (χ2v) is 5.53. The highest BCUT2D eigenvalue weighted by atomic mass is 19.1. The van der Waals surface area contributed by atoms with Gasteiger partial charge >= 0.3 is 0 Å². The highest BCUT2D eigenvalue weighted by Gasteiger charge is 2.16. The van der Waals surface area contributed by atoms with Gasteiger partial charge in [0.25, 0.3) is 0 Å². The molecule has 0 unspecified atom stereocenters. The van der Waals surface area contributed by atoms with Crippen molar-refractivity contribution in [2.45, 2.75) is 13.3 Å². The molecule has 0 aliphatic rings. The summed E-state index contributed by atoms with van der Waals surface area (Å²) < 4.78 is 19.9. The first-order valence-electron chi connectivity index (χ1n) is 7.08. The van der Waals surface area contributed by atoms with E-state index in [9.17, 15) is 4.39 Å². The zero-order valence-electron chi connectivity index (χ0n) is 13.9. The minimum absolute atomic E-state index is 0.0590. The van der Waals surface area contributed by atoms with E-state index in [0.717, 1.165) is 13.0 Å². The van der Waals surface area contributed by atoms with Crippen LogP contribution in [0.1, 0.15) is 17.5 Å². The standard InChI is InChI=1S/C16H23FN4O/c1-12-15(22-8-6-7-20(2)3)9-14(19-11-21(4)5)13(10-18)16(12)17/h9,11H,6-8H2,1-5H3/b19-11+. The van der Waals surface area contributed by atoms with Crippen LogP contribution in [0, 0.1) is 24.1 Å². The van der Waals surface area contributed by atoms with E-state index in [4.69, 9.17) is 10.00 Å². The molecule has 0 spiro atoms. The SMILES string of the molecule is Cc1c(OCCCN(C)C)cc(/N=C/N(C)C)c(C#N)c1F. The minimum atomic E-state index is -0.571. The number of rotatable bonds is 7. The highest BCUT2D eigenvalue weighted by Crippen LogP contribution is 2.32. The lowest BCUT2D eigenvalue weighted by Crippen LogP contribution is -2.15. The molecule has 0 saturated heterocycles. The van der Waals surface area contributed by atoms with Crippen LogP contribution >= 0.6 is 0 Å². The Balaban J connectivity index is 3.01. The molecule has 0 amide bonds. The third-order valence-corrected chi connectivity index (χ3v) is 2.99. The molecule has 22 heavy (non-hydrogen) atoms. The van der Waals surface area contributed by atoms with Crippen LogP contribution in [-0.2, 0) is 0 Å². The van der Waals surface area contributed by atoms with Gasteiger partial charge in [0.15, 0.2) is 0 Å². The summed E-state index contributed by atoms with van der Waals surface area (Å²) in [4.78, 5) is 7.92. The number of nitrogens with zero attached hydrogens (tertiary/aromatic N) is 4. The highest BCUT2D eigenvalue weighted by molar-refractivity contribution is 5.67. The van der Waals surface area contributed by atoms with Gasteiger partial charge in [-0.25, -0.2) is 9.38 Å². The average Bonchev–Trinajstić information content (AvgIpc) is 2.45. The van der Waals surface area contributed by atoms with E-state index in [1.54, 1.807) is 32.0 Å². The van der Waals surface area contributed by atoms with Gasteiger partial charge in [0.05, 0.1) is 18.6 Å². The van der Waals surface area contributed by atoms with Gasteiger partial charge in [-0.05, 0) is 27.4 Å². The molecule has 120 valence electrons. The lowest BCUT2D eigenvalue weighted by molar-refractivity contribution is 0.279. The molecule has 0 saturated carbocycles. The van der Waals surface area contributed by atoms with Crippen LogP contribution in [0.15, 0.2) is 11.1 Å². The zero-order chi connectivity index (χ0) is 16.7. The van der Waals surface area contributed by atoms with Crippen molar-refractivity contribution < 1.29 is 9.13 Å². The maximum atomic E-state index is 14.3. The van der Waals surface area contributed by atoms with Crippen LogP contribution in [0.3, 0.4) is 0 Å². The Hall–Kier alpha value is -2.13. The van der Waals surface area contributed by atoms with Gasteiger partial charge in [-0.3, -0.25) is 0 Å². The van der Waals surface area contributed by atoms with E-state index in [0.29, 0.717) is 17.9 Å². The molecule has 0 aromatic heterocycles. The fourth-order valence-corrected chi connectivity index (χ4v) is 1.81. The second-order valence-electron chi connectivity index (χ2n) is 5.53. The van der Waals surface area contributed by atoms with Crippen molar-refractivity contribution in [3.05, 3.63) is 23.0 Å². The van der Waals surface area contributed by atoms with E-state index in [-0.39, 0.29) is 11.3 Å². The average molecular weight is 306 g/mol. The van der Waals surface area contributed by atoms with Crippen molar-refractivity contribution in [2.75, 3.05) is 41.3 Å². The number of ether oxygens (including phenoxy) is 1. The van der Waals surface area contributed by atoms with Gasteiger partial charge < -0.3 is 14.5 Å². The van der Waals surface area contributed by atoms with Crippen LogP contribution in [0.25, 0.3) is 0 Å². The maximum absolute atomic E-state index is 14.3. The largest absolute Gasteiger partial charge is 0.493 e. The monoisotopic (exact) mass is 306 g/mol. The van der Waals surface area contributed by atoms with Crippen molar-refractivity contribution >= 4 is 12.0 Å². The number of halogens is 1. The van der Waals surface area contributed by atoms with Gasteiger partial charge in [0.1, 0.15) is 23.2 Å². The second kappa shape index (κ2) is 8.35. The molecular weight excluding hydrogens is 283 g/mol. The van der Waals surface area contributed by atoms with Crippen molar-refractivity contribution in [1.29, 1.82) is 5.26 Å². The summed E-state index contributed by atoms with van der Waals surface area (Å²) >= 11 is 0. The topological polar surface area (TPSA) is 51.9 Å². The predicted molar refractivity (Wildman–Crippen MR) is 86.4 cm³/mol. The first-order chi connectivity index (χ1) is 10.4. The summed E-state index contributed by atoms with van der Waals surface area (Å²) in [6, 6.07) is 3.49. The van der Waals surface area contributed by atoms with Crippen molar-refractivity contribution in [1.82, 2.24) is 9.80 Å². The molecule has 0 fully saturated rings. The lowest BCUT2D eigenvalue weighted by atomic mass is 10.1. The van der Waals surface area contributed by atoms with Crippen molar-refractivity contribution in [3.8, 4) is 11.8 Å². The molecule has 1 aromatic carbocycles. The third kappa shape index (κ3) is 5.01. The quantitative estimate of drug-likeness (QED) is 0.441. The first-order valence-corrected chi connectivity index (χ1v) is 7.08. The Bertz CT molecular complexity index is 576. The molecular formula is C16H23FN4O. The molecule has 0 radical (unpaired) electrons. The van der Waals surface area contributed by atoms with Crippen LogP contribution in [0.5, 0.6) is 5.75 Å². The van der Waals surface area contributed by atoms with E-state index < -0.39 is 5.82 Å². The van der Waals surface area contributed by atoms with Gasteiger partial charge in [-0.2, -0.15) is 5.26 Å². The Morgan fingerprint density at radius 3 is 2.59 bits per heavy atom. The van der Waals surface area contributed by atoms with Crippen molar-refractivity contribution in [3.63, 3.8) is 0 Å². The Morgan fingerprint density at radius 2 is 2.05 bits per heavy atom. The number of nitriles is 1. The number of aliphatic imine (C=N–C) groups is 1. The van der Waals surface area contributed by atoms with Gasteiger partial charge in [0, 0.05) is 32.3 Å². The molecule has 0 bridgehead atoms. The summed E-state index contributed by atoms with van der Waals surface area (Å²) in [5.74, 6) is -0.139. The molecule has 1 aromatic rings. The number of hydrogen-bond donors (Lipinski definition) is 0. The zero-order valence-corrected chi connectivity index (χ0v) is 13.9. The van der Waals surface area contributed by atoms with Gasteiger partial charge in [0.2, 0.25) is 0 Å². The summed E-state index contributed by atoms with van der Waals surface area (Å²) in [5.41, 5.74) is 0.559. The van der Waals surface area contributed by atoms with E-state index in [1.165, 1.54) is 6.34 Å². The lowest BCUT2D eigenvalue weighted by Gasteiger charge is -2.14. The molecule has 0 atom stereocenters. The van der Waals surface area contributed by atoms with Crippen molar-refractivity contribution in [2.24, 2.45) is 4.99 Å². The number of benzene rings is 1. The summed E-state index contributed by atoms with van der Waals surface area (Å²) in [5, 5.41) is 9.13. The van der Waals surface area contributed by atoms with E-state index in [2.05, 4.69) is 9.89 Å². The maximum Gasteiger partial charge on any atom is 0.149 e. The van der Waals surface area contributed by atoms with Crippen LogP contribution < -0.4 is 4.74 Å². The molecule has 0 heterocycles. The van der Waals surface area contributed by atoms with Crippen LogP contribution in [-0.4, -0.2) is 57.5 Å². The van der Waals surface area contributed by atoms with Gasteiger partial charge in [-0.15, -0.1) is 0 Å². The summed E-state index contributed by atoms with van der Waals surface area (Å²) in [6.07, 6.45) is 2.37. The normalized spacial score (nSPS) is 11.0. The van der Waals surface area contributed by atoms with E-state index in [1.807, 2.05) is 20.2 Å². The first kappa shape index (κ1) is 17.9. The summed E-state index contributed by atoms with van der Waals surface area (Å²) in [7, 11) is 7.58. The molecule has 1 rings (SSSR count). The summed E-state index contributed by atoms with van der Waals surface area (Å²) in [6.45, 7) is 2.99. The molecule has 0 N–H and O–H groups in total. The predicted octanol–water partition coefficient (Wildman–Crippen LogP) is 2.56. The molecule has 5 nitrogen and oxygen atoms in total. The van der Waals surface area contributed by atoms with Gasteiger partial charge in [-0.1, -0.05) is 0 Å². The third-order valence-electron chi connectivity index (χ3n) is 2.99. The number of hydrogen-bond acceptors (Lipinski definition) is 4. The Kier molecular flexibility index (Phi) is 6.80. The fourth-order valence-electron chi connectivity index (χ4n) is 1.81. The van der Waals surface area contributed by atoms with Crippen LogP contribution in [0.4, 0.5) is 10.1 Å². The Morgan fingerprint density at radius 1 is 1.36 bits per heavy atom. The molecule has 0 aliphatic carbocycles. The smallest absolute Gasteiger partial charge is 0.149 e. The minimum Gasteiger partial charge on any atom is -0.493 e. The van der Waals surface area contributed by atoms with E-state index >= 15 is 0 Å². The fraction of sp³-hybridized carbons (Fsp3) is 0.500. The molecule has 0 aliphatic heterocycles. The molecule has 6 heteroatoms. The van der Waals surface area contributed by atoms with Crippen LogP contribution in [0.2, 0.25) is 0 Å². The Labute approximate surface area is 131 Å².